The predicted octanol–water partition coefficient (Wildman–Crippen LogP) is 2.21. The van der Waals surface area contributed by atoms with E-state index in [0.29, 0.717) is 5.52 Å². The number of nitrogens with zero attached hydrogens (tertiary/aromatic N) is 3. The van der Waals surface area contributed by atoms with Crippen molar-refractivity contribution in [3.63, 3.8) is 0 Å². The summed E-state index contributed by atoms with van der Waals surface area (Å²) in [6.45, 7) is 5.45. The van der Waals surface area contributed by atoms with E-state index in [2.05, 4.69) is 10.1 Å². The van der Waals surface area contributed by atoms with E-state index < -0.39 is 11.7 Å². The summed E-state index contributed by atoms with van der Waals surface area (Å²) < 4.78 is 6.47. The molecule has 2 aromatic rings. The zero-order valence-corrected chi connectivity index (χ0v) is 9.47. The predicted molar refractivity (Wildman–Crippen MR) is 59.2 cm³/mol. The molecule has 0 aliphatic heterocycles. The lowest BCUT2D eigenvalue weighted by Gasteiger charge is -2.19. The van der Waals surface area contributed by atoms with Gasteiger partial charge in [-0.05, 0) is 26.8 Å². The first-order valence-corrected chi connectivity index (χ1v) is 4.98. The summed E-state index contributed by atoms with van der Waals surface area (Å²) in [5.41, 5.74) is 0.173. The largest absolute Gasteiger partial charge is 0.442 e. The van der Waals surface area contributed by atoms with E-state index >= 15 is 0 Å². The summed E-state index contributed by atoms with van der Waals surface area (Å²) in [5.74, 6) is 0. The second-order valence-electron chi connectivity index (χ2n) is 4.47. The first kappa shape index (κ1) is 10.6. The van der Waals surface area contributed by atoms with Gasteiger partial charge >= 0.3 is 6.09 Å². The lowest BCUT2D eigenvalue weighted by molar-refractivity contribution is 0.0523. The van der Waals surface area contributed by atoms with E-state index in [-0.39, 0.29) is 0 Å². The Balaban J connectivity index is 2.37. The summed E-state index contributed by atoms with van der Waals surface area (Å²) in [6, 6.07) is 1.73. The smallest absolute Gasteiger partial charge is 0.435 e. The van der Waals surface area contributed by atoms with Crippen LogP contribution in [0.5, 0.6) is 0 Å². The normalized spacial score (nSPS) is 11.7. The number of hydrogen-bond donors (Lipinski definition) is 0. The third kappa shape index (κ3) is 2.03. The highest BCUT2D eigenvalue weighted by molar-refractivity contribution is 5.86. The Labute approximate surface area is 93.0 Å². The molecule has 0 saturated heterocycles. The van der Waals surface area contributed by atoms with Crippen LogP contribution in [0.25, 0.3) is 10.9 Å². The molecular formula is C11H13N3O2. The number of aromatic nitrogens is 3. The first-order valence-electron chi connectivity index (χ1n) is 4.98. The fraction of sp³-hybridized carbons (Fsp3) is 0.364. The monoisotopic (exact) mass is 219 g/mol. The number of hydrogen-bond acceptors (Lipinski definition) is 4. The number of ether oxygens (including phenoxy) is 1. The van der Waals surface area contributed by atoms with Gasteiger partial charge in [0, 0.05) is 17.8 Å². The number of carbonyl (C=O) groups is 1. The van der Waals surface area contributed by atoms with Crippen LogP contribution in [0.4, 0.5) is 4.79 Å². The van der Waals surface area contributed by atoms with Gasteiger partial charge in [0.15, 0.2) is 0 Å². The fourth-order valence-electron chi connectivity index (χ4n) is 1.32. The quantitative estimate of drug-likeness (QED) is 0.681. The van der Waals surface area contributed by atoms with E-state index in [9.17, 15) is 4.79 Å². The maximum atomic E-state index is 11.8. The third-order valence-corrected chi connectivity index (χ3v) is 1.93. The molecule has 0 amide bonds. The number of pyridine rings is 1. The zero-order valence-electron chi connectivity index (χ0n) is 9.47. The average molecular weight is 219 g/mol. The van der Waals surface area contributed by atoms with Crippen LogP contribution in [0.1, 0.15) is 20.8 Å². The fourth-order valence-corrected chi connectivity index (χ4v) is 1.32. The topological polar surface area (TPSA) is 57.0 Å². The molecule has 5 heteroatoms. The van der Waals surface area contributed by atoms with Gasteiger partial charge in [-0.2, -0.15) is 9.78 Å². The first-order chi connectivity index (χ1) is 7.47. The lowest BCUT2D eigenvalue weighted by atomic mass is 10.2. The molecule has 2 rings (SSSR count). The second-order valence-corrected chi connectivity index (χ2v) is 4.47. The van der Waals surface area contributed by atoms with Gasteiger partial charge in [-0.3, -0.25) is 4.98 Å². The summed E-state index contributed by atoms with van der Waals surface area (Å²) in [6.07, 6.45) is 4.38. The van der Waals surface area contributed by atoms with Crippen molar-refractivity contribution in [3.05, 3.63) is 24.7 Å². The minimum atomic E-state index is -0.525. The van der Waals surface area contributed by atoms with Crippen LogP contribution in [-0.2, 0) is 4.74 Å². The highest BCUT2D eigenvalue weighted by Gasteiger charge is 2.19. The van der Waals surface area contributed by atoms with Gasteiger partial charge in [0.25, 0.3) is 0 Å². The zero-order chi connectivity index (χ0) is 11.8. The van der Waals surface area contributed by atoms with Crippen LogP contribution in [-0.4, -0.2) is 26.5 Å². The van der Waals surface area contributed by atoms with Gasteiger partial charge < -0.3 is 4.74 Å². The summed E-state index contributed by atoms with van der Waals surface area (Å²) in [4.78, 5) is 15.7. The molecule has 84 valence electrons. The molecule has 0 spiro atoms. The van der Waals surface area contributed by atoms with Gasteiger partial charge in [0.2, 0.25) is 0 Å². The van der Waals surface area contributed by atoms with Crippen molar-refractivity contribution in [2.75, 3.05) is 0 Å². The van der Waals surface area contributed by atoms with Crippen molar-refractivity contribution in [2.45, 2.75) is 26.4 Å². The van der Waals surface area contributed by atoms with Crippen molar-refractivity contribution in [1.29, 1.82) is 0 Å². The summed E-state index contributed by atoms with van der Waals surface area (Å²) in [5, 5.41) is 4.79. The minimum Gasteiger partial charge on any atom is -0.442 e. The van der Waals surface area contributed by atoms with Gasteiger partial charge in [-0.25, -0.2) is 4.79 Å². The lowest BCUT2D eigenvalue weighted by Crippen LogP contribution is -2.27. The molecule has 0 unspecified atom stereocenters. The van der Waals surface area contributed by atoms with Gasteiger partial charge in [0.05, 0.1) is 11.7 Å². The van der Waals surface area contributed by atoms with Crippen LogP contribution in [0.15, 0.2) is 24.7 Å². The van der Waals surface area contributed by atoms with E-state index in [0.717, 1.165) is 5.39 Å². The Morgan fingerprint density at radius 3 is 2.81 bits per heavy atom. The van der Waals surface area contributed by atoms with E-state index in [1.165, 1.54) is 4.68 Å². The van der Waals surface area contributed by atoms with E-state index in [1.807, 2.05) is 20.8 Å². The Bertz CT molecular complexity index is 525. The minimum absolute atomic E-state index is 0.478. The molecule has 0 atom stereocenters. The van der Waals surface area contributed by atoms with Crippen molar-refractivity contribution < 1.29 is 9.53 Å². The van der Waals surface area contributed by atoms with Crippen LogP contribution in [0.3, 0.4) is 0 Å². The standard InChI is InChI=1S/C11H13N3O2/c1-11(2,3)16-10(15)14-9-4-5-12-6-8(9)7-13-14/h4-7H,1-3H3. The number of fused-ring (bicyclic) bond motifs is 1. The molecule has 0 aliphatic carbocycles. The summed E-state index contributed by atoms with van der Waals surface area (Å²) in [7, 11) is 0. The number of rotatable bonds is 0. The molecule has 0 bridgehead atoms. The maximum absolute atomic E-state index is 11.8. The molecule has 5 nitrogen and oxygen atoms in total. The Morgan fingerprint density at radius 1 is 1.38 bits per heavy atom. The van der Waals surface area contributed by atoms with Gasteiger partial charge in [-0.1, -0.05) is 0 Å². The Hall–Kier alpha value is -1.91. The Kier molecular flexibility index (Phi) is 2.38. The molecule has 0 saturated carbocycles. The van der Waals surface area contributed by atoms with Gasteiger partial charge in [0.1, 0.15) is 5.60 Å². The molecule has 0 radical (unpaired) electrons. The highest BCUT2D eigenvalue weighted by atomic mass is 16.6. The molecule has 0 aromatic carbocycles. The van der Waals surface area contributed by atoms with Crippen molar-refractivity contribution in [1.82, 2.24) is 14.8 Å². The summed E-state index contributed by atoms with van der Waals surface area (Å²) >= 11 is 0. The van der Waals surface area contributed by atoms with Crippen LogP contribution in [0, 0.1) is 0 Å². The molecule has 0 N–H and O–H groups in total. The van der Waals surface area contributed by atoms with Crippen LogP contribution >= 0.6 is 0 Å². The molecule has 2 heterocycles. The second kappa shape index (κ2) is 3.59. The molecule has 0 aliphatic rings. The molecule has 0 fully saturated rings. The molecule has 2 aromatic heterocycles. The average Bonchev–Trinajstić information content (AvgIpc) is 2.58. The SMILES string of the molecule is CC(C)(C)OC(=O)n1ncc2cnccc21. The molecular weight excluding hydrogens is 206 g/mol. The Morgan fingerprint density at radius 2 is 2.12 bits per heavy atom. The van der Waals surface area contributed by atoms with E-state index in [1.54, 1.807) is 24.7 Å². The van der Waals surface area contributed by atoms with Crippen molar-refractivity contribution in [3.8, 4) is 0 Å². The van der Waals surface area contributed by atoms with Crippen molar-refractivity contribution >= 4 is 17.0 Å². The van der Waals surface area contributed by atoms with Crippen LogP contribution in [0.2, 0.25) is 0 Å². The van der Waals surface area contributed by atoms with E-state index in [4.69, 9.17) is 4.74 Å². The van der Waals surface area contributed by atoms with Crippen molar-refractivity contribution in [2.24, 2.45) is 0 Å². The highest BCUT2D eigenvalue weighted by Crippen LogP contribution is 2.14. The molecule has 16 heavy (non-hydrogen) atoms. The van der Waals surface area contributed by atoms with Gasteiger partial charge in [-0.15, -0.1) is 0 Å². The number of carbonyl (C=O) groups excluding carboxylic acids is 1. The third-order valence-electron chi connectivity index (χ3n) is 1.93. The maximum Gasteiger partial charge on any atom is 0.435 e. The van der Waals surface area contributed by atoms with Crippen LogP contribution < -0.4 is 0 Å².